The number of hydrogen-bond acceptors (Lipinski definition) is 7. The molecule has 1 saturated heterocycles. The van der Waals surface area contributed by atoms with E-state index in [0.717, 1.165) is 0 Å². The van der Waals surface area contributed by atoms with Crippen LogP contribution in [0.4, 0.5) is 0 Å². The van der Waals surface area contributed by atoms with Crippen molar-refractivity contribution >= 4 is 17.9 Å². The number of ether oxygens (including phenoxy) is 3. The Kier molecular flexibility index (Phi) is 9.17. The first-order valence-electron chi connectivity index (χ1n) is 9.87. The molecule has 2 N–H and O–H groups in total. The predicted octanol–water partition coefficient (Wildman–Crippen LogP) is 2.70. The summed E-state index contributed by atoms with van der Waals surface area (Å²) in [5, 5.41) is 18.0. The molecular formula is C23H26O8. The second-order valence-corrected chi connectivity index (χ2v) is 6.82. The van der Waals surface area contributed by atoms with Gasteiger partial charge < -0.3 is 24.4 Å². The molecule has 1 fully saturated rings. The smallest absolute Gasteiger partial charge is 0.338 e. The number of carboxylic acid groups (broad SMARTS) is 1. The summed E-state index contributed by atoms with van der Waals surface area (Å²) < 4.78 is 16.3. The summed E-state index contributed by atoms with van der Waals surface area (Å²) in [5.74, 6) is -1.81. The lowest BCUT2D eigenvalue weighted by Crippen LogP contribution is -2.38. The third-order valence-electron chi connectivity index (χ3n) is 4.52. The van der Waals surface area contributed by atoms with Gasteiger partial charge in [-0.3, -0.25) is 4.79 Å². The van der Waals surface area contributed by atoms with Crippen molar-refractivity contribution in [3.05, 3.63) is 71.8 Å². The minimum atomic E-state index is -0.997. The highest BCUT2D eigenvalue weighted by Gasteiger charge is 2.44. The molecule has 166 valence electrons. The third kappa shape index (κ3) is 7.20. The lowest BCUT2D eigenvalue weighted by molar-refractivity contribution is -0.136. The van der Waals surface area contributed by atoms with E-state index in [2.05, 4.69) is 0 Å². The van der Waals surface area contributed by atoms with Gasteiger partial charge in [-0.1, -0.05) is 43.3 Å². The lowest BCUT2D eigenvalue weighted by atomic mass is 10.1. The molecule has 31 heavy (non-hydrogen) atoms. The van der Waals surface area contributed by atoms with Gasteiger partial charge in [-0.25, -0.2) is 9.59 Å². The van der Waals surface area contributed by atoms with E-state index in [1.807, 2.05) is 0 Å². The average Bonchev–Trinajstić information content (AvgIpc) is 3.06. The van der Waals surface area contributed by atoms with E-state index in [4.69, 9.17) is 19.3 Å². The first-order chi connectivity index (χ1) is 14.8. The van der Waals surface area contributed by atoms with Gasteiger partial charge in [0.15, 0.2) is 6.10 Å². The van der Waals surface area contributed by atoms with E-state index >= 15 is 0 Å². The number of esters is 2. The SMILES string of the molecule is CC1OC(COC(=O)c2ccccc2)C(OC(=O)c2ccccc2)C1O.CCC(=O)O. The maximum atomic E-state index is 12.3. The molecule has 0 saturated carbocycles. The Morgan fingerprint density at radius 3 is 1.90 bits per heavy atom. The average molecular weight is 430 g/mol. The van der Waals surface area contributed by atoms with E-state index in [-0.39, 0.29) is 13.0 Å². The van der Waals surface area contributed by atoms with Crippen LogP contribution in [0.3, 0.4) is 0 Å². The van der Waals surface area contributed by atoms with Crippen LogP contribution in [-0.4, -0.2) is 59.1 Å². The van der Waals surface area contributed by atoms with Crippen LogP contribution < -0.4 is 0 Å². The zero-order valence-electron chi connectivity index (χ0n) is 17.3. The predicted molar refractivity (Wildman–Crippen MR) is 111 cm³/mol. The molecule has 4 atom stereocenters. The van der Waals surface area contributed by atoms with Crippen molar-refractivity contribution in [2.75, 3.05) is 6.61 Å². The Balaban J connectivity index is 0.000000614. The molecule has 0 amide bonds. The van der Waals surface area contributed by atoms with E-state index < -0.39 is 42.3 Å². The summed E-state index contributed by atoms with van der Waals surface area (Å²) in [6, 6.07) is 17.0. The monoisotopic (exact) mass is 430 g/mol. The molecule has 8 nitrogen and oxygen atoms in total. The Morgan fingerprint density at radius 1 is 0.935 bits per heavy atom. The topological polar surface area (TPSA) is 119 Å². The normalized spacial score (nSPS) is 22.0. The van der Waals surface area contributed by atoms with Gasteiger partial charge >= 0.3 is 17.9 Å². The summed E-state index contributed by atoms with van der Waals surface area (Å²) in [7, 11) is 0. The van der Waals surface area contributed by atoms with Crippen LogP contribution in [0.5, 0.6) is 0 Å². The lowest BCUT2D eigenvalue weighted by Gasteiger charge is -2.20. The van der Waals surface area contributed by atoms with E-state index in [1.165, 1.54) is 0 Å². The number of aliphatic carboxylic acids is 1. The van der Waals surface area contributed by atoms with Gasteiger partial charge in [0.05, 0.1) is 17.2 Å². The second kappa shape index (κ2) is 11.8. The molecule has 0 aliphatic carbocycles. The fourth-order valence-corrected chi connectivity index (χ4v) is 2.78. The molecule has 1 aliphatic heterocycles. The molecule has 8 heteroatoms. The molecule has 0 radical (unpaired) electrons. The molecule has 0 bridgehead atoms. The van der Waals surface area contributed by atoms with Crippen molar-refractivity contribution in [2.24, 2.45) is 0 Å². The zero-order valence-corrected chi connectivity index (χ0v) is 17.3. The van der Waals surface area contributed by atoms with Crippen LogP contribution in [-0.2, 0) is 19.0 Å². The Labute approximate surface area is 180 Å². The van der Waals surface area contributed by atoms with Crippen LogP contribution >= 0.6 is 0 Å². The number of aliphatic hydroxyl groups excluding tert-OH is 1. The number of carboxylic acids is 1. The quantitative estimate of drug-likeness (QED) is 0.672. The van der Waals surface area contributed by atoms with Gasteiger partial charge in [0.1, 0.15) is 18.8 Å². The number of hydrogen-bond donors (Lipinski definition) is 2. The van der Waals surface area contributed by atoms with Gasteiger partial charge in [0.25, 0.3) is 0 Å². The van der Waals surface area contributed by atoms with Crippen molar-refractivity contribution in [1.29, 1.82) is 0 Å². The Hall–Kier alpha value is -3.23. The summed E-state index contributed by atoms with van der Waals surface area (Å²) in [5.41, 5.74) is 0.788. The molecule has 0 aromatic heterocycles. The highest BCUT2D eigenvalue weighted by atomic mass is 16.6. The van der Waals surface area contributed by atoms with Gasteiger partial charge in [-0.15, -0.1) is 0 Å². The molecule has 4 unspecified atom stereocenters. The van der Waals surface area contributed by atoms with Crippen LogP contribution in [0.25, 0.3) is 0 Å². The van der Waals surface area contributed by atoms with Gasteiger partial charge in [0.2, 0.25) is 0 Å². The first kappa shape index (κ1) is 24.0. The van der Waals surface area contributed by atoms with E-state index in [1.54, 1.807) is 74.5 Å². The summed E-state index contributed by atoms with van der Waals surface area (Å²) >= 11 is 0. The fourth-order valence-electron chi connectivity index (χ4n) is 2.78. The van der Waals surface area contributed by atoms with Crippen molar-refractivity contribution in [3.63, 3.8) is 0 Å². The maximum Gasteiger partial charge on any atom is 0.338 e. The van der Waals surface area contributed by atoms with Gasteiger partial charge in [-0.2, -0.15) is 0 Å². The van der Waals surface area contributed by atoms with E-state index in [9.17, 15) is 19.5 Å². The van der Waals surface area contributed by atoms with Crippen LogP contribution in [0.2, 0.25) is 0 Å². The molecule has 1 aliphatic rings. The van der Waals surface area contributed by atoms with Crippen molar-refractivity contribution in [1.82, 2.24) is 0 Å². The standard InChI is InChI=1S/C20H20O6.C3H6O2/c1-13-17(21)18(26-20(23)15-10-6-3-7-11-15)16(25-13)12-24-19(22)14-8-4-2-5-9-14;1-2-3(4)5/h2-11,13,16-18,21H,12H2,1H3;2H2,1H3,(H,4,5). The zero-order chi connectivity index (χ0) is 22.8. The Morgan fingerprint density at radius 2 is 1.42 bits per heavy atom. The number of rotatable bonds is 6. The number of aliphatic hydroxyl groups is 1. The minimum absolute atomic E-state index is 0.123. The van der Waals surface area contributed by atoms with Crippen LogP contribution in [0.15, 0.2) is 60.7 Å². The van der Waals surface area contributed by atoms with Gasteiger partial charge in [-0.05, 0) is 31.2 Å². The van der Waals surface area contributed by atoms with Crippen molar-refractivity contribution < 1.29 is 38.8 Å². The van der Waals surface area contributed by atoms with E-state index in [0.29, 0.717) is 11.1 Å². The summed E-state index contributed by atoms with van der Waals surface area (Å²) in [6.07, 6.45) is -2.96. The van der Waals surface area contributed by atoms with Crippen molar-refractivity contribution in [3.8, 4) is 0 Å². The fraction of sp³-hybridized carbons (Fsp3) is 0.348. The molecule has 3 rings (SSSR count). The summed E-state index contributed by atoms with van der Waals surface area (Å²) in [4.78, 5) is 33.7. The number of carbonyl (C=O) groups is 3. The molecule has 2 aromatic rings. The Bertz CT molecular complexity index is 852. The molecule has 2 aromatic carbocycles. The van der Waals surface area contributed by atoms with Crippen LogP contribution in [0, 0.1) is 0 Å². The second-order valence-electron chi connectivity index (χ2n) is 6.82. The largest absolute Gasteiger partial charge is 0.481 e. The minimum Gasteiger partial charge on any atom is -0.481 e. The highest BCUT2D eigenvalue weighted by molar-refractivity contribution is 5.90. The highest BCUT2D eigenvalue weighted by Crippen LogP contribution is 2.25. The molecule has 1 heterocycles. The van der Waals surface area contributed by atoms with Gasteiger partial charge in [0, 0.05) is 6.42 Å². The number of carbonyl (C=O) groups excluding carboxylic acids is 2. The summed E-state index contributed by atoms with van der Waals surface area (Å²) in [6.45, 7) is 3.15. The maximum absolute atomic E-state index is 12.3. The molecule has 0 spiro atoms. The third-order valence-corrected chi connectivity index (χ3v) is 4.52. The van der Waals surface area contributed by atoms with Crippen molar-refractivity contribution in [2.45, 2.75) is 44.7 Å². The first-order valence-corrected chi connectivity index (χ1v) is 9.87. The number of benzene rings is 2. The van der Waals surface area contributed by atoms with Crippen LogP contribution in [0.1, 0.15) is 41.0 Å². The molecular weight excluding hydrogens is 404 g/mol.